The van der Waals surface area contributed by atoms with Crippen molar-refractivity contribution < 1.29 is 9.52 Å². The van der Waals surface area contributed by atoms with Gasteiger partial charge >= 0.3 is 0 Å². The van der Waals surface area contributed by atoms with Crippen molar-refractivity contribution in [3.05, 3.63) is 24.6 Å². The molecule has 0 aliphatic rings. The van der Waals surface area contributed by atoms with Gasteiger partial charge in [0.15, 0.2) is 5.82 Å². The van der Waals surface area contributed by atoms with E-state index in [1.54, 1.807) is 6.07 Å². The van der Waals surface area contributed by atoms with Crippen molar-refractivity contribution in [3.63, 3.8) is 0 Å². The fraction of sp³-hybridized carbons (Fsp3) is 0.312. The van der Waals surface area contributed by atoms with E-state index in [2.05, 4.69) is 32.1 Å². The van der Waals surface area contributed by atoms with E-state index in [1.165, 1.54) is 6.39 Å². The van der Waals surface area contributed by atoms with Gasteiger partial charge in [0.1, 0.15) is 0 Å². The van der Waals surface area contributed by atoms with Crippen molar-refractivity contribution in [1.29, 1.82) is 0 Å². The second-order valence-electron chi connectivity index (χ2n) is 5.32. The third-order valence-corrected chi connectivity index (χ3v) is 3.57. The van der Waals surface area contributed by atoms with Crippen LogP contribution in [0.25, 0.3) is 22.4 Å². The third-order valence-electron chi connectivity index (χ3n) is 3.57. The molecule has 24 heavy (non-hydrogen) atoms. The molecule has 8 nitrogen and oxygen atoms in total. The molecule has 0 saturated carbocycles. The summed E-state index contributed by atoms with van der Waals surface area (Å²) in [7, 11) is 0. The minimum atomic E-state index is -0.106. The van der Waals surface area contributed by atoms with E-state index in [0.717, 1.165) is 30.2 Å². The molecule has 124 valence electrons. The quantitative estimate of drug-likeness (QED) is 0.667. The number of aromatic nitrogens is 4. The number of hydrogen-bond acceptors (Lipinski definition) is 8. The Kier molecular flexibility index (Phi) is 4.76. The van der Waals surface area contributed by atoms with E-state index >= 15 is 0 Å². The van der Waals surface area contributed by atoms with Crippen LogP contribution >= 0.6 is 0 Å². The van der Waals surface area contributed by atoms with Crippen molar-refractivity contribution in [2.45, 2.75) is 26.2 Å². The highest BCUT2D eigenvalue weighted by molar-refractivity contribution is 5.95. The summed E-state index contributed by atoms with van der Waals surface area (Å²) < 4.78 is 5.20. The Hall–Kier alpha value is -2.87. The molecule has 0 unspecified atom stereocenters. The lowest BCUT2D eigenvalue weighted by molar-refractivity contribution is 0.354. The normalized spacial score (nSPS) is 12.0. The zero-order valence-corrected chi connectivity index (χ0v) is 13.3. The van der Waals surface area contributed by atoms with Crippen LogP contribution in [0.3, 0.4) is 0 Å². The maximum Gasteiger partial charge on any atom is 0.247 e. The van der Waals surface area contributed by atoms with Crippen LogP contribution in [0.2, 0.25) is 0 Å². The summed E-state index contributed by atoms with van der Waals surface area (Å²) in [4.78, 5) is 12.9. The van der Waals surface area contributed by atoms with Crippen molar-refractivity contribution in [1.82, 2.24) is 20.2 Å². The van der Waals surface area contributed by atoms with Crippen LogP contribution in [-0.4, -0.2) is 37.6 Å². The molecule has 0 aliphatic carbocycles. The highest BCUT2D eigenvalue weighted by atomic mass is 16.4. The first-order chi connectivity index (χ1) is 11.7. The summed E-state index contributed by atoms with van der Waals surface area (Å²) in [6, 6.07) is 5.46. The van der Waals surface area contributed by atoms with E-state index in [0.29, 0.717) is 22.9 Å². The molecule has 8 heteroatoms. The van der Waals surface area contributed by atoms with Gasteiger partial charge in [0.2, 0.25) is 18.2 Å². The maximum atomic E-state index is 9.49. The Morgan fingerprint density at radius 2 is 2.21 bits per heavy atom. The fourth-order valence-corrected chi connectivity index (χ4v) is 2.35. The lowest BCUT2D eigenvalue weighted by atomic mass is 10.1. The lowest BCUT2D eigenvalue weighted by Crippen LogP contribution is -2.04. The Bertz CT molecular complexity index is 860. The Morgan fingerprint density at radius 1 is 1.33 bits per heavy atom. The number of benzene rings is 1. The summed E-state index contributed by atoms with van der Waals surface area (Å²) in [5, 5.41) is 17.8. The van der Waals surface area contributed by atoms with Crippen LogP contribution in [0.15, 0.2) is 34.0 Å². The first kappa shape index (κ1) is 16.0. The van der Waals surface area contributed by atoms with E-state index < -0.39 is 0 Å². The number of rotatable bonds is 6. The summed E-state index contributed by atoms with van der Waals surface area (Å²) in [6.07, 6.45) is 3.97. The van der Waals surface area contributed by atoms with Gasteiger partial charge in [-0.05, 0) is 31.0 Å². The van der Waals surface area contributed by atoms with Crippen molar-refractivity contribution in [2.75, 3.05) is 12.3 Å². The monoisotopic (exact) mass is 326 g/mol. The first-order valence-electron chi connectivity index (χ1n) is 7.72. The summed E-state index contributed by atoms with van der Waals surface area (Å²) in [5.74, 6) is 0.976. The number of hydrogen-bond donors (Lipinski definition) is 2. The number of nitrogen functional groups attached to an aromatic ring is 1. The maximum absolute atomic E-state index is 9.49. The van der Waals surface area contributed by atoms with Crippen LogP contribution in [0.1, 0.15) is 26.2 Å². The standard InChI is InChI=1S/C16H18N6O2/c1-2-3-4-11(8-23)19-14-12-6-5-10(15-22-18-9-24-15)7-13(12)20-16(17)21-14/h5-7,9,23H,2-4,8H2,1H3,(H2,17,20,21). The molecule has 0 bridgehead atoms. The van der Waals surface area contributed by atoms with Gasteiger partial charge in [-0.25, -0.2) is 9.98 Å². The molecule has 0 atom stereocenters. The molecule has 1 aromatic carbocycles. The van der Waals surface area contributed by atoms with Gasteiger partial charge in [-0.2, -0.15) is 4.98 Å². The highest BCUT2D eigenvalue weighted by Gasteiger charge is 2.10. The van der Waals surface area contributed by atoms with Crippen molar-refractivity contribution in [2.24, 2.45) is 4.99 Å². The summed E-state index contributed by atoms with van der Waals surface area (Å²) in [6.45, 7) is 1.98. The number of unbranched alkanes of at least 4 members (excludes halogenated alkanes) is 1. The molecule has 2 heterocycles. The second kappa shape index (κ2) is 7.14. The number of nitrogens with two attached hydrogens (primary N) is 1. The smallest absolute Gasteiger partial charge is 0.247 e. The zero-order chi connectivity index (χ0) is 16.9. The Morgan fingerprint density at radius 3 is 2.92 bits per heavy atom. The molecule has 0 fully saturated rings. The SMILES string of the molecule is CCCCC(CO)=Nc1nc(N)nc2cc(-c3nnco3)ccc12. The number of fused-ring (bicyclic) bond motifs is 1. The third kappa shape index (κ3) is 3.38. The molecule has 0 radical (unpaired) electrons. The molecule has 0 saturated heterocycles. The van der Waals surface area contributed by atoms with Gasteiger partial charge in [0, 0.05) is 16.7 Å². The van der Waals surface area contributed by atoms with Gasteiger partial charge in [-0.15, -0.1) is 10.2 Å². The average Bonchev–Trinajstić information content (AvgIpc) is 3.12. The Balaban J connectivity index is 2.06. The molecule has 0 aliphatic heterocycles. The van der Waals surface area contributed by atoms with Crippen LogP contribution < -0.4 is 5.73 Å². The van der Waals surface area contributed by atoms with Gasteiger partial charge in [0.25, 0.3) is 0 Å². The van der Waals surface area contributed by atoms with E-state index in [-0.39, 0.29) is 12.6 Å². The van der Waals surface area contributed by atoms with Crippen LogP contribution in [0.5, 0.6) is 0 Å². The molecule has 3 rings (SSSR count). The van der Waals surface area contributed by atoms with Gasteiger partial charge in [-0.1, -0.05) is 13.3 Å². The number of nitrogens with zero attached hydrogens (tertiary/aromatic N) is 5. The minimum Gasteiger partial charge on any atom is -0.423 e. The van der Waals surface area contributed by atoms with E-state index in [4.69, 9.17) is 10.2 Å². The molecular weight excluding hydrogens is 308 g/mol. The second-order valence-corrected chi connectivity index (χ2v) is 5.32. The van der Waals surface area contributed by atoms with E-state index in [1.807, 2.05) is 12.1 Å². The van der Waals surface area contributed by atoms with Crippen molar-refractivity contribution >= 4 is 28.4 Å². The Labute approximate surface area is 138 Å². The predicted octanol–water partition coefficient (Wildman–Crippen LogP) is 2.52. The molecule has 2 aromatic heterocycles. The minimum absolute atomic E-state index is 0.106. The lowest BCUT2D eigenvalue weighted by Gasteiger charge is -2.06. The van der Waals surface area contributed by atoms with E-state index in [9.17, 15) is 5.11 Å². The van der Waals surface area contributed by atoms with Crippen LogP contribution in [0, 0.1) is 0 Å². The van der Waals surface area contributed by atoms with Crippen molar-refractivity contribution in [3.8, 4) is 11.5 Å². The first-order valence-corrected chi connectivity index (χ1v) is 7.72. The van der Waals surface area contributed by atoms with Gasteiger partial charge in [-0.3, -0.25) is 0 Å². The highest BCUT2D eigenvalue weighted by Crippen LogP contribution is 2.28. The van der Waals surface area contributed by atoms with Gasteiger partial charge < -0.3 is 15.3 Å². The molecular formula is C16H18N6O2. The molecule has 0 spiro atoms. The fourth-order valence-electron chi connectivity index (χ4n) is 2.35. The van der Waals surface area contributed by atoms with Crippen LogP contribution in [0.4, 0.5) is 11.8 Å². The summed E-state index contributed by atoms with van der Waals surface area (Å²) in [5.41, 5.74) is 7.85. The number of aliphatic hydroxyl groups is 1. The summed E-state index contributed by atoms with van der Waals surface area (Å²) >= 11 is 0. The number of aliphatic hydroxyl groups excluding tert-OH is 1. The van der Waals surface area contributed by atoms with Gasteiger partial charge in [0.05, 0.1) is 12.1 Å². The zero-order valence-electron chi connectivity index (χ0n) is 13.3. The van der Waals surface area contributed by atoms with Crippen LogP contribution in [-0.2, 0) is 0 Å². The largest absolute Gasteiger partial charge is 0.423 e. The molecule has 0 amide bonds. The number of anilines is 1. The topological polar surface area (TPSA) is 123 Å². The number of aliphatic imine (C=N–C) groups is 1. The predicted molar refractivity (Wildman–Crippen MR) is 90.9 cm³/mol. The average molecular weight is 326 g/mol. The molecule has 3 aromatic rings. The molecule has 3 N–H and O–H groups in total.